The molecule has 0 saturated carbocycles. The van der Waals surface area contributed by atoms with E-state index in [1.165, 1.54) is 0 Å². The maximum Gasteiger partial charge on any atom is 0.255 e. The molecule has 2 heterocycles. The first-order valence-corrected chi connectivity index (χ1v) is 10.7. The van der Waals surface area contributed by atoms with Gasteiger partial charge in [-0.25, -0.2) is 13.1 Å². The van der Waals surface area contributed by atoms with Crippen molar-refractivity contribution in [1.82, 2.24) is 14.6 Å². The molecular weight excluding hydrogens is 378 g/mol. The van der Waals surface area contributed by atoms with Crippen LogP contribution in [0, 0.1) is 12.8 Å². The van der Waals surface area contributed by atoms with Crippen molar-refractivity contribution in [3.8, 4) is 5.75 Å². The minimum Gasteiger partial charge on any atom is -0.496 e. The first-order chi connectivity index (χ1) is 13.4. The number of aryl methyl sites for hydroxylation is 1. The van der Waals surface area contributed by atoms with Gasteiger partial charge in [-0.3, -0.25) is 9.78 Å². The molecule has 1 amide bonds. The van der Waals surface area contributed by atoms with Crippen molar-refractivity contribution in [2.45, 2.75) is 24.7 Å². The van der Waals surface area contributed by atoms with Crippen LogP contribution in [0.15, 0.2) is 47.6 Å². The summed E-state index contributed by atoms with van der Waals surface area (Å²) in [5.74, 6) is 0.831. The van der Waals surface area contributed by atoms with Crippen molar-refractivity contribution in [2.75, 3.05) is 26.7 Å². The summed E-state index contributed by atoms with van der Waals surface area (Å²) in [5, 5.41) is 0. The van der Waals surface area contributed by atoms with Crippen molar-refractivity contribution < 1.29 is 17.9 Å². The van der Waals surface area contributed by atoms with E-state index in [9.17, 15) is 13.2 Å². The first kappa shape index (κ1) is 20.3. The number of carbonyl (C=O) groups excluding carboxylic acids is 1. The highest BCUT2D eigenvalue weighted by atomic mass is 32.2. The Labute approximate surface area is 165 Å². The van der Waals surface area contributed by atoms with Crippen LogP contribution in [-0.4, -0.2) is 51.0 Å². The minimum atomic E-state index is -3.57. The normalized spacial score (nSPS) is 15.4. The van der Waals surface area contributed by atoms with E-state index in [-0.39, 0.29) is 16.7 Å². The predicted octanol–water partition coefficient (Wildman–Crippen LogP) is 2.23. The van der Waals surface area contributed by atoms with Crippen LogP contribution in [0.2, 0.25) is 0 Å². The topological polar surface area (TPSA) is 88.6 Å². The van der Waals surface area contributed by atoms with Gasteiger partial charge >= 0.3 is 0 Å². The first-order valence-electron chi connectivity index (χ1n) is 9.24. The lowest BCUT2D eigenvalue weighted by Crippen LogP contribution is -2.41. The molecule has 7 nitrogen and oxygen atoms in total. The van der Waals surface area contributed by atoms with Crippen LogP contribution >= 0.6 is 0 Å². The van der Waals surface area contributed by atoms with Crippen LogP contribution in [0.3, 0.4) is 0 Å². The summed E-state index contributed by atoms with van der Waals surface area (Å²) >= 11 is 0. The van der Waals surface area contributed by atoms with Crippen LogP contribution in [0.5, 0.6) is 5.75 Å². The average molecular weight is 404 g/mol. The van der Waals surface area contributed by atoms with Gasteiger partial charge in [-0.2, -0.15) is 0 Å². The summed E-state index contributed by atoms with van der Waals surface area (Å²) in [7, 11) is -2.02. The van der Waals surface area contributed by atoms with Crippen molar-refractivity contribution in [1.29, 1.82) is 0 Å². The molecule has 1 saturated heterocycles. The number of hydrogen-bond donors (Lipinski definition) is 1. The van der Waals surface area contributed by atoms with E-state index < -0.39 is 10.0 Å². The quantitative estimate of drug-likeness (QED) is 0.799. The van der Waals surface area contributed by atoms with E-state index in [0.717, 1.165) is 18.4 Å². The number of rotatable bonds is 6. The molecule has 8 heteroatoms. The van der Waals surface area contributed by atoms with Crippen LogP contribution in [0.25, 0.3) is 0 Å². The predicted molar refractivity (Wildman–Crippen MR) is 106 cm³/mol. The lowest BCUT2D eigenvalue weighted by molar-refractivity contribution is 0.0691. The van der Waals surface area contributed by atoms with Gasteiger partial charge in [0, 0.05) is 32.0 Å². The number of piperidine rings is 1. The second-order valence-corrected chi connectivity index (χ2v) is 8.73. The third kappa shape index (κ3) is 4.69. The van der Waals surface area contributed by atoms with E-state index in [2.05, 4.69) is 9.71 Å². The van der Waals surface area contributed by atoms with Crippen molar-refractivity contribution >= 4 is 15.9 Å². The summed E-state index contributed by atoms with van der Waals surface area (Å²) < 4.78 is 33.0. The molecule has 28 heavy (non-hydrogen) atoms. The highest BCUT2D eigenvalue weighted by Crippen LogP contribution is 2.22. The second-order valence-electron chi connectivity index (χ2n) is 6.96. The third-order valence-corrected chi connectivity index (χ3v) is 6.47. The van der Waals surface area contributed by atoms with Gasteiger partial charge in [-0.05, 0) is 61.6 Å². The average Bonchev–Trinajstić information content (AvgIpc) is 2.72. The van der Waals surface area contributed by atoms with Crippen LogP contribution in [0.4, 0.5) is 0 Å². The summed E-state index contributed by atoms with van der Waals surface area (Å²) in [6, 6.07) is 8.31. The van der Waals surface area contributed by atoms with Crippen molar-refractivity contribution in [3.63, 3.8) is 0 Å². The molecule has 2 aromatic rings. The number of hydrogen-bond acceptors (Lipinski definition) is 5. The number of methoxy groups -OCH3 is 1. The Kier molecular flexibility index (Phi) is 6.31. The van der Waals surface area contributed by atoms with Crippen LogP contribution in [0.1, 0.15) is 28.8 Å². The molecule has 0 aliphatic carbocycles. The highest BCUT2D eigenvalue weighted by molar-refractivity contribution is 7.89. The Morgan fingerprint density at radius 3 is 2.64 bits per heavy atom. The van der Waals surface area contributed by atoms with Gasteiger partial charge in [0.25, 0.3) is 5.91 Å². The highest BCUT2D eigenvalue weighted by Gasteiger charge is 2.25. The lowest BCUT2D eigenvalue weighted by atomic mass is 9.97. The van der Waals surface area contributed by atoms with Gasteiger partial charge in [-0.1, -0.05) is 0 Å². The Balaban J connectivity index is 1.53. The fourth-order valence-electron chi connectivity index (χ4n) is 3.34. The molecule has 150 valence electrons. The molecule has 0 atom stereocenters. The molecule has 0 bridgehead atoms. The molecule has 3 rings (SSSR count). The molecule has 1 aliphatic rings. The number of sulfonamides is 1. The smallest absolute Gasteiger partial charge is 0.255 e. The molecule has 0 radical (unpaired) electrons. The van der Waals surface area contributed by atoms with Gasteiger partial charge in [0.2, 0.25) is 10.0 Å². The zero-order valence-corrected chi connectivity index (χ0v) is 16.9. The van der Waals surface area contributed by atoms with Gasteiger partial charge in [0.05, 0.1) is 17.6 Å². The maximum absolute atomic E-state index is 12.6. The van der Waals surface area contributed by atoms with E-state index in [0.29, 0.717) is 30.9 Å². The van der Waals surface area contributed by atoms with Crippen LogP contribution < -0.4 is 9.46 Å². The Morgan fingerprint density at radius 1 is 1.29 bits per heavy atom. The summed E-state index contributed by atoms with van der Waals surface area (Å²) in [6.07, 6.45) is 4.73. The molecule has 0 unspecified atom stereocenters. The number of amides is 1. The van der Waals surface area contributed by atoms with E-state index in [4.69, 9.17) is 4.74 Å². The minimum absolute atomic E-state index is 0.0270. The molecule has 1 fully saturated rings. The molecular formula is C20H25N3O4S. The summed E-state index contributed by atoms with van der Waals surface area (Å²) in [5.41, 5.74) is 1.35. The van der Waals surface area contributed by atoms with Gasteiger partial charge in [0.15, 0.2) is 0 Å². The largest absolute Gasteiger partial charge is 0.496 e. The zero-order chi connectivity index (χ0) is 20.1. The standard InChI is InChI=1S/C20H25N3O4S/c1-15-12-18(5-6-19(15)27-2)28(25,26)22-13-16-7-10-23(11-8-16)20(24)17-4-3-9-21-14-17/h3-6,9,12,14,16,22H,7-8,10-11,13H2,1-2H3. The molecule has 1 N–H and O–H groups in total. The molecule has 1 aromatic heterocycles. The van der Waals surface area contributed by atoms with Gasteiger partial charge in [0.1, 0.15) is 5.75 Å². The fourth-order valence-corrected chi connectivity index (χ4v) is 4.54. The number of ether oxygens (including phenoxy) is 1. The van der Waals surface area contributed by atoms with Gasteiger partial charge in [-0.15, -0.1) is 0 Å². The number of carbonyl (C=O) groups is 1. The lowest BCUT2D eigenvalue weighted by Gasteiger charge is -2.32. The Morgan fingerprint density at radius 2 is 2.04 bits per heavy atom. The molecule has 0 spiro atoms. The molecule has 1 aromatic carbocycles. The monoisotopic (exact) mass is 403 g/mol. The van der Waals surface area contributed by atoms with E-state index >= 15 is 0 Å². The fraction of sp³-hybridized carbons (Fsp3) is 0.400. The zero-order valence-electron chi connectivity index (χ0n) is 16.1. The van der Waals surface area contributed by atoms with Crippen LogP contribution in [-0.2, 0) is 10.0 Å². The second kappa shape index (κ2) is 8.70. The number of likely N-dealkylation sites (tertiary alicyclic amines) is 1. The SMILES string of the molecule is COc1ccc(S(=O)(=O)NCC2CCN(C(=O)c3cccnc3)CC2)cc1C. The van der Waals surface area contributed by atoms with Crippen molar-refractivity contribution in [2.24, 2.45) is 5.92 Å². The Hall–Kier alpha value is -2.45. The third-order valence-electron chi connectivity index (χ3n) is 5.05. The van der Waals surface area contributed by atoms with Crippen molar-refractivity contribution in [3.05, 3.63) is 53.9 Å². The van der Waals surface area contributed by atoms with Gasteiger partial charge < -0.3 is 9.64 Å². The van der Waals surface area contributed by atoms with E-state index in [1.54, 1.807) is 54.7 Å². The Bertz CT molecular complexity index is 924. The number of benzene rings is 1. The molecule has 1 aliphatic heterocycles. The number of pyridine rings is 1. The summed E-state index contributed by atoms with van der Waals surface area (Å²) in [4.78, 5) is 18.5. The van der Waals surface area contributed by atoms with E-state index in [1.807, 2.05) is 6.92 Å². The number of nitrogens with zero attached hydrogens (tertiary/aromatic N) is 2. The number of nitrogens with one attached hydrogen (secondary N) is 1. The maximum atomic E-state index is 12.6. The number of aromatic nitrogens is 1. The summed E-state index contributed by atoms with van der Waals surface area (Å²) in [6.45, 7) is 3.40.